The molecule has 0 saturated heterocycles. The average molecular weight is 324 g/mol. The lowest BCUT2D eigenvalue weighted by molar-refractivity contribution is -0.743. The van der Waals surface area contributed by atoms with E-state index in [1.165, 1.54) is 0 Å². The van der Waals surface area contributed by atoms with Gasteiger partial charge in [0.1, 0.15) is 0 Å². The number of hydrogen-bond donors (Lipinski definition) is 1. The maximum Gasteiger partial charge on any atom is 0.180 e. The van der Waals surface area contributed by atoms with Crippen molar-refractivity contribution in [2.24, 2.45) is 0 Å². The van der Waals surface area contributed by atoms with E-state index < -0.39 is 0 Å². The van der Waals surface area contributed by atoms with Crippen molar-refractivity contribution in [1.29, 1.82) is 0 Å². The zero-order valence-corrected chi connectivity index (χ0v) is 12.9. The molecule has 0 radical (unpaired) electrons. The summed E-state index contributed by atoms with van der Waals surface area (Å²) >= 11 is 0. The van der Waals surface area contributed by atoms with Gasteiger partial charge in [-0.05, 0) is 0 Å². The summed E-state index contributed by atoms with van der Waals surface area (Å²) in [5.41, 5.74) is 2.32. The Balaban J connectivity index is 0.00000180. The lowest BCUT2D eigenvalue weighted by Crippen LogP contribution is -3.00. The van der Waals surface area contributed by atoms with Gasteiger partial charge in [-0.15, -0.1) is 0 Å². The lowest BCUT2D eigenvalue weighted by Gasteiger charge is -2.06. The van der Waals surface area contributed by atoms with E-state index in [1.807, 2.05) is 62.6 Å². The smallest absolute Gasteiger partial charge is 0.180 e. The zero-order chi connectivity index (χ0) is 13.0. The van der Waals surface area contributed by atoms with Crippen LogP contribution in [0.4, 0.5) is 0 Å². The number of halogens is 1. The van der Waals surface area contributed by atoms with Crippen LogP contribution in [0.1, 0.15) is 11.4 Å². The SMILES string of the molecule is Cc1cccc[n+]1CC(O)C[n+]1ccccc1C.[Br-]. The molecule has 0 atom stereocenters. The van der Waals surface area contributed by atoms with Gasteiger partial charge in [-0.25, -0.2) is 0 Å². The molecular formula is C15H20BrN2O+. The van der Waals surface area contributed by atoms with E-state index in [-0.39, 0.29) is 23.1 Å². The molecule has 0 aromatic carbocycles. The summed E-state index contributed by atoms with van der Waals surface area (Å²) in [4.78, 5) is 0. The summed E-state index contributed by atoms with van der Waals surface area (Å²) in [7, 11) is 0. The van der Waals surface area contributed by atoms with Crippen molar-refractivity contribution in [3.05, 3.63) is 60.2 Å². The minimum absolute atomic E-state index is 0. The zero-order valence-electron chi connectivity index (χ0n) is 11.3. The van der Waals surface area contributed by atoms with Crippen LogP contribution in [-0.4, -0.2) is 11.2 Å². The molecule has 0 fully saturated rings. The Morgan fingerprint density at radius 3 is 1.68 bits per heavy atom. The minimum Gasteiger partial charge on any atom is -1.00 e. The molecule has 19 heavy (non-hydrogen) atoms. The molecule has 0 bridgehead atoms. The van der Waals surface area contributed by atoms with E-state index in [9.17, 15) is 5.11 Å². The third-order valence-corrected chi connectivity index (χ3v) is 3.15. The third-order valence-electron chi connectivity index (χ3n) is 3.15. The standard InChI is InChI=1S/C15H20N2O.BrH/c1-13-7-3-5-9-16(13)11-15(18)12-17-10-6-4-8-14(17)2;/h3-10,15,18H,11-12H2,1-2H3;1H/q+2;/p-1. The molecular weight excluding hydrogens is 304 g/mol. The maximum absolute atomic E-state index is 10.2. The predicted molar refractivity (Wildman–Crippen MR) is 68.8 cm³/mol. The number of aromatic nitrogens is 2. The van der Waals surface area contributed by atoms with Crippen LogP contribution in [0.5, 0.6) is 0 Å². The Bertz CT molecular complexity index is 484. The molecule has 3 nitrogen and oxygen atoms in total. The molecule has 0 aliphatic heterocycles. The van der Waals surface area contributed by atoms with Gasteiger partial charge in [-0.3, -0.25) is 0 Å². The summed E-state index contributed by atoms with van der Waals surface area (Å²) in [5, 5.41) is 10.2. The molecule has 102 valence electrons. The van der Waals surface area contributed by atoms with Crippen molar-refractivity contribution in [1.82, 2.24) is 0 Å². The molecule has 0 spiro atoms. The second kappa shape index (κ2) is 7.36. The van der Waals surface area contributed by atoms with Crippen LogP contribution in [0.3, 0.4) is 0 Å². The number of pyridine rings is 2. The van der Waals surface area contributed by atoms with Gasteiger partial charge in [-0.1, -0.05) is 12.1 Å². The van der Waals surface area contributed by atoms with Gasteiger partial charge in [0.2, 0.25) is 0 Å². The molecule has 0 aliphatic carbocycles. The molecule has 0 unspecified atom stereocenters. The first kappa shape index (κ1) is 15.8. The average Bonchev–Trinajstić information content (AvgIpc) is 2.35. The number of hydrogen-bond acceptors (Lipinski definition) is 1. The topological polar surface area (TPSA) is 28.0 Å². The number of rotatable bonds is 4. The quantitative estimate of drug-likeness (QED) is 0.644. The summed E-state index contributed by atoms with van der Waals surface area (Å²) in [6, 6.07) is 12.1. The van der Waals surface area contributed by atoms with Crippen LogP contribution in [0.2, 0.25) is 0 Å². The first-order chi connectivity index (χ1) is 8.66. The predicted octanol–water partition coefficient (Wildman–Crippen LogP) is -2.06. The van der Waals surface area contributed by atoms with E-state index in [2.05, 4.69) is 9.13 Å². The summed E-state index contributed by atoms with van der Waals surface area (Å²) in [6.45, 7) is 5.34. The van der Waals surface area contributed by atoms with Gasteiger partial charge in [0.05, 0.1) is 0 Å². The number of aryl methyl sites for hydroxylation is 2. The maximum atomic E-state index is 10.2. The fraction of sp³-hybridized carbons (Fsp3) is 0.333. The van der Waals surface area contributed by atoms with Crippen LogP contribution in [-0.2, 0) is 13.1 Å². The van der Waals surface area contributed by atoms with E-state index in [4.69, 9.17) is 0 Å². The Morgan fingerprint density at radius 1 is 0.895 bits per heavy atom. The fourth-order valence-corrected chi connectivity index (χ4v) is 2.04. The normalized spacial score (nSPS) is 10.3. The Labute approximate surface area is 124 Å². The number of nitrogens with zero attached hydrogens (tertiary/aromatic N) is 2. The molecule has 0 saturated carbocycles. The van der Waals surface area contributed by atoms with Crippen molar-refractivity contribution in [2.75, 3.05) is 0 Å². The van der Waals surface area contributed by atoms with Gasteiger partial charge in [0.15, 0.2) is 43.0 Å². The van der Waals surface area contributed by atoms with Crippen LogP contribution in [0.15, 0.2) is 48.8 Å². The van der Waals surface area contributed by atoms with Crippen LogP contribution >= 0.6 is 0 Å². The highest BCUT2D eigenvalue weighted by Gasteiger charge is 2.18. The largest absolute Gasteiger partial charge is 1.00 e. The third kappa shape index (κ3) is 4.40. The van der Waals surface area contributed by atoms with Crippen molar-refractivity contribution in [3.63, 3.8) is 0 Å². The monoisotopic (exact) mass is 323 g/mol. The first-order valence-corrected chi connectivity index (χ1v) is 6.25. The van der Waals surface area contributed by atoms with Gasteiger partial charge in [-0.2, -0.15) is 9.13 Å². The fourth-order valence-electron chi connectivity index (χ4n) is 2.04. The van der Waals surface area contributed by atoms with Crippen molar-refractivity contribution in [2.45, 2.75) is 33.0 Å². The minimum atomic E-state index is -0.387. The molecule has 2 rings (SSSR count). The lowest BCUT2D eigenvalue weighted by atomic mass is 10.2. The van der Waals surface area contributed by atoms with Gasteiger partial charge < -0.3 is 22.1 Å². The van der Waals surface area contributed by atoms with Crippen molar-refractivity contribution in [3.8, 4) is 0 Å². The van der Waals surface area contributed by atoms with Crippen LogP contribution in [0, 0.1) is 13.8 Å². The highest BCUT2D eigenvalue weighted by molar-refractivity contribution is 4.95. The van der Waals surface area contributed by atoms with Crippen LogP contribution < -0.4 is 26.1 Å². The Morgan fingerprint density at radius 2 is 1.32 bits per heavy atom. The summed E-state index contributed by atoms with van der Waals surface area (Å²) in [5.74, 6) is 0. The highest BCUT2D eigenvalue weighted by atomic mass is 79.9. The molecule has 2 aromatic heterocycles. The number of aliphatic hydroxyl groups is 1. The Kier molecular flexibility index (Phi) is 6.12. The van der Waals surface area contributed by atoms with Crippen molar-refractivity contribution < 1.29 is 31.2 Å². The van der Waals surface area contributed by atoms with Crippen molar-refractivity contribution >= 4 is 0 Å². The molecule has 0 amide bonds. The molecule has 2 aromatic rings. The highest BCUT2D eigenvalue weighted by Crippen LogP contribution is 1.93. The second-order valence-corrected chi connectivity index (χ2v) is 4.64. The van der Waals surface area contributed by atoms with E-state index in [1.54, 1.807) is 0 Å². The Hall–Kier alpha value is -1.26. The first-order valence-electron chi connectivity index (χ1n) is 6.25. The van der Waals surface area contributed by atoms with E-state index >= 15 is 0 Å². The van der Waals surface area contributed by atoms with Gasteiger partial charge in [0.25, 0.3) is 0 Å². The summed E-state index contributed by atoms with van der Waals surface area (Å²) < 4.78 is 4.15. The molecule has 2 heterocycles. The van der Waals surface area contributed by atoms with Gasteiger partial charge >= 0.3 is 0 Å². The van der Waals surface area contributed by atoms with Crippen LogP contribution in [0.25, 0.3) is 0 Å². The molecule has 4 heteroatoms. The molecule has 0 aliphatic rings. The summed E-state index contributed by atoms with van der Waals surface area (Å²) in [6.07, 6.45) is 3.62. The van der Waals surface area contributed by atoms with Gasteiger partial charge in [0, 0.05) is 38.1 Å². The molecule has 1 N–H and O–H groups in total. The van der Waals surface area contributed by atoms with E-state index in [0.717, 1.165) is 11.4 Å². The second-order valence-electron chi connectivity index (χ2n) is 4.64. The number of aliphatic hydroxyl groups excluding tert-OH is 1. The van der Waals surface area contributed by atoms with E-state index in [0.29, 0.717) is 13.1 Å².